The maximum Gasteiger partial charge on any atom is 0.0433 e. The van der Waals surface area contributed by atoms with Crippen LogP contribution in [0.1, 0.15) is 33.1 Å². The van der Waals surface area contributed by atoms with Crippen LogP contribution in [0.15, 0.2) is 54.6 Å². The van der Waals surface area contributed by atoms with E-state index in [2.05, 4.69) is 61.2 Å². The summed E-state index contributed by atoms with van der Waals surface area (Å²) in [6.07, 6.45) is 3.65. The van der Waals surface area contributed by atoms with Crippen molar-refractivity contribution in [2.45, 2.75) is 39.2 Å². The van der Waals surface area contributed by atoms with Crippen LogP contribution in [-0.2, 0) is 0 Å². The third-order valence-electron chi connectivity index (χ3n) is 3.60. The average molecular weight is 268 g/mol. The number of benzene rings is 2. The van der Waals surface area contributed by atoms with E-state index < -0.39 is 0 Å². The van der Waals surface area contributed by atoms with Crippen LogP contribution in [0.3, 0.4) is 0 Å². The molecule has 0 saturated carbocycles. The van der Waals surface area contributed by atoms with Crippen molar-refractivity contribution in [3.05, 3.63) is 54.6 Å². The summed E-state index contributed by atoms with van der Waals surface area (Å²) < 4.78 is 0. The Kier molecular flexibility index (Phi) is 5.05. The lowest BCUT2D eigenvalue weighted by Crippen LogP contribution is -2.28. The number of anilines is 3. The van der Waals surface area contributed by atoms with Gasteiger partial charge in [0.1, 0.15) is 0 Å². The second kappa shape index (κ2) is 6.99. The van der Waals surface area contributed by atoms with Gasteiger partial charge in [0, 0.05) is 23.1 Å². The highest BCUT2D eigenvalue weighted by Gasteiger charge is 2.16. The number of para-hydroxylation sites is 1. The van der Waals surface area contributed by atoms with Crippen molar-refractivity contribution in [2.24, 2.45) is 0 Å². The number of rotatable bonds is 6. The number of unbranched alkanes of at least 4 members (excludes halogenated alkanes) is 1. The van der Waals surface area contributed by atoms with Gasteiger partial charge in [-0.05, 0) is 43.7 Å². The summed E-state index contributed by atoms with van der Waals surface area (Å²) in [5.74, 6) is 0. The predicted molar refractivity (Wildman–Crippen MR) is 88.4 cm³/mol. The molecule has 2 N–H and O–H groups in total. The Morgan fingerprint density at radius 1 is 1.00 bits per heavy atom. The topological polar surface area (TPSA) is 29.3 Å². The number of hydrogen-bond donors (Lipinski definition) is 1. The zero-order valence-electron chi connectivity index (χ0n) is 12.4. The largest absolute Gasteiger partial charge is 0.399 e. The zero-order valence-corrected chi connectivity index (χ0v) is 12.4. The third-order valence-corrected chi connectivity index (χ3v) is 3.60. The van der Waals surface area contributed by atoms with Gasteiger partial charge < -0.3 is 10.6 Å². The molecule has 2 aromatic carbocycles. The van der Waals surface area contributed by atoms with Crippen molar-refractivity contribution in [3.8, 4) is 0 Å². The first-order chi connectivity index (χ1) is 9.72. The second-order valence-corrected chi connectivity index (χ2v) is 5.29. The molecule has 0 bridgehead atoms. The lowest BCUT2D eigenvalue weighted by molar-refractivity contribution is 0.602. The maximum absolute atomic E-state index is 5.95. The highest BCUT2D eigenvalue weighted by atomic mass is 15.2. The molecule has 0 amide bonds. The molecule has 1 unspecified atom stereocenters. The molecule has 0 aliphatic carbocycles. The highest BCUT2D eigenvalue weighted by molar-refractivity contribution is 5.67. The van der Waals surface area contributed by atoms with Crippen LogP contribution in [-0.4, -0.2) is 6.04 Å². The molecular formula is C18H24N2. The van der Waals surface area contributed by atoms with Gasteiger partial charge in [-0.2, -0.15) is 0 Å². The summed E-state index contributed by atoms with van der Waals surface area (Å²) >= 11 is 0. The Hall–Kier alpha value is -1.96. The summed E-state index contributed by atoms with van der Waals surface area (Å²) in [6, 6.07) is 19.1. The maximum atomic E-state index is 5.95. The number of nitrogens with two attached hydrogens (primary N) is 1. The van der Waals surface area contributed by atoms with Crippen LogP contribution >= 0.6 is 0 Å². The minimum atomic E-state index is 0.458. The minimum absolute atomic E-state index is 0.458. The molecule has 0 radical (unpaired) electrons. The lowest BCUT2D eigenvalue weighted by atomic mass is 10.1. The molecule has 20 heavy (non-hydrogen) atoms. The van der Waals surface area contributed by atoms with Crippen LogP contribution < -0.4 is 10.6 Å². The Morgan fingerprint density at radius 3 is 2.35 bits per heavy atom. The van der Waals surface area contributed by atoms with Crippen molar-refractivity contribution < 1.29 is 0 Å². The summed E-state index contributed by atoms with van der Waals surface area (Å²) in [7, 11) is 0. The van der Waals surface area contributed by atoms with Gasteiger partial charge >= 0.3 is 0 Å². The van der Waals surface area contributed by atoms with Crippen molar-refractivity contribution in [1.82, 2.24) is 0 Å². The summed E-state index contributed by atoms with van der Waals surface area (Å²) in [4.78, 5) is 2.38. The highest BCUT2D eigenvalue weighted by Crippen LogP contribution is 2.30. The number of nitrogen functional groups attached to an aromatic ring is 1. The monoisotopic (exact) mass is 268 g/mol. The van der Waals surface area contributed by atoms with E-state index in [4.69, 9.17) is 5.73 Å². The quantitative estimate of drug-likeness (QED) is 0.748. The summed E-state index contributed by atoms with van der Waals surface area (Å²) in [5, 5.41) is 0. The van der Waals surface area contributed by atoms with Gasteiger partial charge in [0.05, 0.1) is 0 Å². The third kappa shape index (κ3) is 3.53. The molecule has 0 saturated heterocycles. The van der Waals surface area contributed by atoms with Crippen molar-refractivity contribution in [3.63, 3.8) is 0 Å². The fraction of sp³-hybridized carbons (Fsp3) is 0.333. The first-order valence-corrected chi connectivity index (χ1v) is 7.42. The number of hydrogen-bond acceptors (Lipinski definition) is 2. The van der Waals surface area contributed by atoms with E-state index in [-0.39, 0.29) is 0 Å². The minimum Gasteiger partial charge on any atom is -0.399 e. The van der Waals surface area contributed by atoms with Crippen LogP contribution in [0.25, 0.3) is 0 Å². The molecule has 0 heterocycles. The van der Waals surface area contributed by atoms with Crippen molar-refractivity contribution in [1.29, 1.82) is 0 Å². The predicted octanol–water partition coefficient (Wildman–Crippen LogP) is 4.99. The molecular weight excluding hydrogens is 244 g/mol. The molecule has 0 aliphatic heterocycles. The first-order valence-electron chi connectivity index (χ1n) is 7.42. The summed E-state index contributed by atoms with van der Waals surface area (Å²) in [5.41, 5.74) is 9.15. The van der Waals surface area contributed by atoms with Crippen LogP contribution in [0.5, 0.6) is 0 Å². The van der Waals surface area contributed by atoms with Gasteiger partial charge in [0.25, 0.3) is 0 Å². The first kappa shape index (κ1) is 14.4. The molecule has 2 heteroatoms. The molecule has 1 atom stereocenters. The van der Waals surface area contributed by atoms with E-state index in [9.17, 15) is 0 Å². The second-order valence-electron chi connectivity index (χ2n) is 5.29. The molecule has 2 rings (SSSR count). The van der Waals surface area contributed by atoms with E-state index >= 15 is 0 Å². The molecule has 0 spiro atoms. The van der Waals surface area contributed by atoms with E-state index in [1.54, 1.807) is 0 Å². The van der Waals surface area contributed by atoms with Crippen LogP contribution in [0, 0.1) is 0 Å². The fourth-order valence-electron chi connectivity index (χ4n) is 2.55. The normalized spacial score (nSPS) is 12.1. The van der Waals surface area contributed by atoms with Gasteiger partial charge in [0.15, 0.2) is 0 Å². The molecule has 106 valence electrons. The Balaban J connectivity index is 2.34. The smallest absolute Gasteiger partial charge is 0.0433 e. The van der Waals surface area contributed by atoms with E-state index in [1.807, 2.05) is 12.1 Å². The Labute approximate surface area is 122 Å². The van der Waals surface area contributed by atoms with Crippen LogP contribution in [0.2, 0.25) is 0 Å². The van der Waals surface area contributed by atoms with Crippen molar-refractivity contribution >= 4 is 17.1 Å². The Bertz CT molecular complexity index is 522. The SMILES string of the molecule is CCCCC(C)N(c1ccccc1)c1cccc(N)c1. The van der Waals surface area contributed by atoms with Gasteiger partial charge in [0.2, 0.25) is 0 Å². The van der Waals surface area contributed by atoms with Crippen molar-refractivity contribution in [2.75, 3.05) is 10.6 Å². The molecule has 0 aromatic heterocycles. The van der Waals surface area contributed by atoms with Gasteiger partial charge in [-0.15, -0.1) is 0 Å². The van der Waals surface area contributed by atoms with Crippen LogP contribution in [0.4, 0.5) is 17.1 Å². The van der Waals surface area contributed by atoms with E-state index in [1.165, 1.54) is 30.6 Å². The average Bonchev–Trinajstić information content (AvgIpc) is 2.46. The summed E-state index contributed by atoms with van der Waals surface area (Å²) in [6.45, 7) is 4.52. The molecule has 0 aliphatic rings. The fourth-order valence-corrected chi connectivity index (χ4v) is 2.55. The molecule has 2 aromatic rings. The molecule has 0 fully saturated rings. The number of nitrogens with zero attached hydrogens (tertiary/aromatic N) is 1. The van der Waals surface area contributed by atoms with Gasteiger partial charge in [-0.25, -0.2) is 0 Å². The zero-order chi connectivity index (χ0) is 14.4. The van der Waals surface area contributed by atoms with E-state index in [0.29, 0.717) is 6.04 Å². The lowest BCUT2D eigenvalue weighted by Gasteiger charge is -2.32. The van der Waals surface area contributed by atoms with Gasteiger partial charge in [-0.1, -0.05) is 44.0 Å². The van der Waals surface area contributed by atoms with Gasteiger partial charge in [-0.3, -0.25) is 0 Å². The van der Waals surface area contributed by atoms with E-state index in [0.717, 1.165) is 5.69 Å². The molecule has 2 nitrogen and oxygen atoms in total. The standard InChI is InChI=1S/C18H24N2/c1-3-4-9-15(2)20(17-11-6-5-7-12-17)18-13-8-10-16(19)14-18/h5-8,10-15H,3-4,9,19H2,1-2H3. The Morgan fingerprint density at radius 2 is 1.70 bits per heavy atom.